The van der Waals surface area contributed by atoms with Crippen LogP contribution in [-0.2, 0) is 18.0 Å². The maximum absolute atomic E-state index is 5.56. The summed E-state index contributed by atoms with van der Waals surface area (Å²) in [5.41, 5.74) is 1.08. The maximum Gasteiger partial charge on any atom is 0.123 e. The minimum atomic E-state index is 0.635. The summed E-state index contributed by atoms with van der Waals surface area (Å²) in [5, 5.41) is 3.25. The zero-order valence-electron chi connectivity index (χ0n) is 9.28. The predicted octanol–water partition coefficient (Wildman–Crippen LogP) is 1.38. The molecule has 0 unspecified atom stereocenters. The number of hydrogen-bond acceptors (Lipinski definition) is 3. The molecule has 1 aromatic heterocycles. The van der Waals surface area contributed by atoms with Gasteiger partial charge in [0.25, 0.3) is 0 Å². The van der Waals surface area contributed by atoms with Gasteiger partial charge in [0.1, 0.15) is 6.73 Å². The molecule has 0 atom stereocenters. The van der Waals surface area contributed by atoms with Crippen LogP contribution in [0.1, 0.15) is 25.5 Å². The third-order valence-corrected chi connectivity index (χ3v) is 2.53. The minimum Gasteiger partial charge on any atom is -0.360 e. The van der Waals surface area contributed by atoms with Crippen molar-refractivity contribution in [3.63, 3.8) is 0 Å². The summed E-state index contributed by atoms with van der Waals surface area (Å²) >= 11 is 0. The van der Waals surface area contributed by atoms with Crippen LogP contribution in [0.5, 0.6) is 0 Å². The highest BCUT2D eigenvalue weighted by Gasteiger charge is 2.20. The van der Waals surface area contributed by atoms with E-state index in [2.05, 4.69) is 17.2 Å². The molecule has 1 aliphatic carbocycles. The van der Waals surface area contributed by atoms with E-state index in [9.17, 15) is 0 Å². The maximum atomic E-state index is 5.56. The molecule has 1 saturated carbocycles. The molecule has 4 nitrogen and oxygen atoms in total. The van der Waals surface area contributed by atoms with Crippen molar-refractivity contribution in [1.82, 2.24) is 14.9 Å². The second kappa shape index (κ2) is 5.28. The first-order valence-corrected chi connectivity index (χ1v) is 5.67. The molecule has 1 heterocycles. The lowest BCUT2D eigenvalue weighted by Crippen LogP contribution is -2.11. The van der Waals surface area contributed by atoms with E-state index in [1.54, 1.807) is 0 Å². The molecule has 0 aromatic carbocycles. The van der Waals surface area contributed by atoms with E-state index >= 15 is 0 Å². The van der Waals surface area contributed by atoms with Crippen molar-refractivity contribution in [3.05, 3.63) is 18.2 Å². The summed E-state index contributed by atoms with van der Waals surface area (Å²) < 4.78 is 7.56. The van der Waals surface area contributed by atoms with Gasteiger partial charge in [0, 0.05) is 12.7 Å². The molecule has 0 amide bonds. The Morgan fingerprint density at radius 1 is 1.60 bits per heavy atom. The molecule has 1 N–H and O–H groups in total. The third kappa shape index (κ3) is 3.64. The average Bonchev–Trinajstić information content (AvgIpc) is 2.95. The SMILES string of the molecule is CCNCc1cn(COCC2CC2)cn1. The van der Waals surface area contributed by atoms with Crippen LogP contribution in [0.2, 0.25) is 0 Å². The molecule has 0 saturated heterocycles. The smallest absolute Gasteiger partial charge is 0.123 e. The molecule has 1 aliphatic rings. The van der Waals surface area contributed by atoms with Gasteiger partial charge < -0.3 is 14.6 Å². The van der Waals surface area contributed by atoms with Gasteiger partial charge in [-0.15, -0.1) is 0 Å². The van der Waals surface area contributed by atoms with Gasteiger partial charge in [-0.25, -0.2) is 4.98 Å². The van der Waals surface area contributed by atoms with Gasteiger partial charge in [-0.2, -0.15) is 0 Å². The van der Waals surface area contributed by atoms with E-state index < -0.39 is 0 Å². The number of hydrogen-bond donors (Lipinski definition) is 1. The molecule has 0 radical (unpaired) electrons. The fourth-order valence-electron chi connectivity index (χ4n) is 1.43. The molecule has 15 heavy (non-hydrogen) atoms. The minimum absolute atomic E-state index is 0.635. The Kier molecular flexibility index (Phi) is 3.75. The summed E-state index contributed by atoms with van der Waals surface area (Å²) in [4.78, 5) is 4.29. The van der Waals surface area contributed by atoms with Gasteiger partial charge in [0.05, 0.1) is 18.6 Å². The largest absolute Gasteiger partial charge is 0.360 e. The van der Waals surface area contributed by atoms with Crippen LogP contribution in [0, 0.1) is 5.92 Å². The molecular formula is C11H19N3O. The van der Waals surface area contributed by atoms with Gasteiger partial charge >= 0.3 is 0 Å². The first-order valence-electron chi connectivity index (χ1n) is 5.67. The Balaban J connectivity index is 1.68. The summed E-state index contributed by atoms with van der Waals surface area (Å²) in [5.74, 6) is 0.828. The Bertz CT molecular complexity index is 294. The zero-order chi connectivity index (χ0) is 10.5. The van der Waals surface area contributed by atoms with Crippen molar-refractivity contribution >= 4 is 0 Å². The average molecular weight is 209 g/mol. The van der Waals surface area contributed by atoms with Gasteiger partial charge in [-0.1, -0.05) is 6.92 Å². The summed E-state index contributed by atoms with van der Waals surface area (Å²) in [6.07, 6.45) is 6.56. The predicted molar refractivity (Wildman–Crippen MR) is 58.3 cm³/mol. The van der Waals surface area contributed by atoms with Crippen molar-refractivity contribution in [2.75, 3.05) is 13.2 Å². The highest BCUT2D eigenvalue weighted by molar-refractivity contribution is 4.95. The summed E-state index contributed by atoms with van der Waals surface area (Å²) in [7, 11) is 0. The van der Waals surface area contributed by atoms with Gasteiger partial charge in [0.15, 0.2) is 0 Å². The fourth-order valence-corrected chi connectivity index (χ4v) is 1.43. The molecule has 84 valence electrons. The van der Waals surface area contributed by atoms with Crippen molar-refractivity contribution in [3.8, 4) is 0 Å². The molecule has 1 fully saturated rings. The Labute approximate surface area is 90.6 Å². The van der Waals surface area contributed by atoms with Crippen molar-refractivity contribution in [2.24, 2.45) is 5.92 Å². The number of ether oxygens (including phenoxy) is 1. The van der Waals surface area contributed by atoms with E-state index in [-0.39, 0.29) is 0 Å². The molecular weight excluding hydrogens is 190 g/mol. The lowest BCUT2D eigenvalue weighted by atomic mass is 10.5. The van der Waals surface area contributed by atoms with Gasteiger partial charge in [0.2, 0.25) is 0 Å². The van der Waals surface area contributed by atoms with Gasteiger partial charge in [-0.3, -0.25) is 0 Å². The Hall–Kier alpha value is -0.870. The molecule has 1 aromatic rings. The van der Waals surface area contributed by atoms with Gasteiger partial charge in [-0.05, 0) is 25.3 Å². The van der Waals surface area contributed by atoms with Crippen molar-refractivity contribution < 1.29 is 4.74 Å². The van der Waals surface area contributed by atoms with Crippen LogP contribution in [0.25, 0.3) is 0 Å². The normalized spacial score (nSPS) is 15.8. The van der Waals surface area contributed by atoms with Crippen LogP contribution in [0.3, 0.4) is 0 Å². The number of imidazole rings is 1. The molecule has 0 spiro atoms. The lowest BCUT2D eigenvalue weighted by Gasteiger charge is -2.02. The van der Waals surface area contributed by atoms with Crippen LogP contribution in [0.15, 0.2) is 12.5 Å². The number of nitrogens with one attached hydrogen (secondary N) is 1. The van der Waals surface area contributed by atoms with Crippen molar-refractivity contribution in [1.29, 1.82) is 0 Å². The van der Waals surface area contributed by atoms with Crippen LogP contribution in [0.4, 0.5) is 0 Å². The first-order chi connectivity index (χ1) is 7.38. The van der Waals surface area contributed by atoms with E-state index in [1.165, 1.54) is 12.8 Å². The monoisotopic (exact) mass is 209 g/mol. The standard InChI is InChI=1S/C11H19N3O/c1-2-12-5-11-6-14(8-13-11)9-15-7-10-3-4-10/h6,8,10,12H,2-5,7,9H2,1H3. The number of aromatic nitrogens is 2. The molecule has 2 rings (SSSR count). The Morgan fingerprint density at radius 3 is 3.20 bits per heavy atom. The second-order valence-corrected chi connectivity index (χ2v) is 4.10. The van der Waals surface area contributed by atoms with E-state index in [0.29, 0.717) is 6.73 Å². The lowest BCUT2D eigenvalue weighted by molar-refractivity contribution is 0.0689. The van der Waals surface area contributed by atoms with Crippen molar-refractivity contribution in [2.45, 2.75) is 33.0 Å². The first kappa shape index (κ1) is 10.6. The summed E-state index contributed by atoms with van der Waals surface area (Å²) in [6, 6.07) is 0. The Morgan fingerprint density at radius 2 is 2.47 bits per heavy atom. The fraction of sp³-hybridized carbons (Fsp3) is 0.727. The van der Waals surface area contributed by atoms with Crippen LogP contribution < -0.4 is 5.32 Å². The molecule has 0 bridgehead atoms. The highest BCUT2D eigenvalue weighted by Crippen LogP contribution is 2.28. The van der Waals surface area contributed by atoms with E-state index in [0.717, 1.165) is 31.3 Å². The van der Waals surface area contributed by atoms with E-state index in [1.807, 2.05) is 17.1 Å². The number of nitrogens with zero attached hydrogens (tertiary/aromatic N) is 2. The summed E-state index contributed by atoms with van der Waals surface area (Å²) in [6.45, 7) is 5.45. The zero-order valence-corrected chi connectivity index (χ0v) is 9.28. The molecule has 0 aliphatic heterocycles. The van der Waals surface area contributed by atoms with E-state index in [4.69, 9.17) is 4.74 Å². The molecule has 4 heteroatoms. The number of rotatable bonds is 7. The van der Waals surface area contributed by atoms with Crippen LogP contribution in [-0.4, -0.2) is 22.7 Å². The topological polar surface area (TPSA) is 39.1 Å². The van der Waals surface area contributed by atoms with Crippen LogP contribution >= 0.6 is 0 Å². The quantitative estimate of drug-likeness (QED) is 0.737. The highest BCUT2D eigenvalue weighted by atomic mass is 16.5. The third-order valence-electron chi connectivity index (χ3n) is 2.53. The second-order valence-electron chi connectivity index (χ2n) is 4.10.